The summed E-state index contributed by atoms with van der Waals surface area (Å²) in [5.74, 6) is -0.0797. The lowest BCUT2D eigenvalue weighted by molar-refractivity contribution is 0.0526. The van der Waals surface area contributed by atoms with E-state index in [0.717, 1.165) is 4.96 Å². The number of hydrogen-bond donors (Lipinski definition) is 1. The molecule has 1 aliphatic heterocycles. The van der Waals surface area contributed by atoms with E-state index >= 15 is 0 Å². The first kappa shape index (κ1) is 13.9. The summed E-state index contributed by atoms with van der Waals surface area (Å²) < 4.78 is 1.83. The highest BCUT2D eigenvalue weighted by Crippen LogP contribution is 2.14. The Morgan fingerprint density at radius 2 is 1.87 bits per heavy atom. The van der Waals surface area contributed by atoms with Gasteiger partial charge < -0.3 is 9.80 Å². The van der Waals surface area contributed by atoms with Crippen LogP contribution in [0.4, 0.5) is 0 Å². The first-order valence-corrected chi connectivity index (χ1v) is 7.96. The van der Waals surface area contributed by atoms with Crippen molar-refractivity contribution < 1.29 is 9.59 Å². The first-order valence-electron chi connectivity index (χ1n) is 7.08. The minimum absolute atomic E-state index is 0.104. The fourth-order valence-corrected chi connectivity index (χ4v) is 3.26. The van der Waals surface area contributed by atoms with Gasteiger partial charge in [-0.2, -0.15) is 5.10 Å². The maximum absolute atomic E-state index is 12.5. The van der Waals surface area contributed by atoms with Crippen LogP contribution >= 0.6 is 11.3 Å². The normalized spacial score (nSPS) is 15.3. The summed E-state index contributed by atoms with van der Waals surface area (Å²) in [6, 6.07) is 0. The van der Waals surface area contributed by atoms with Crippen LogP contribution in [0.5, 0.6) is 0 Å². The number of aromatic nitrogens is 5. The van der Waals surface area contributed by atoms with E-state index in [-0.39, 0.29) is 17.6 Å². The number of carbonyl (C=O) groups excluding carboxylic acids is 2. The molecule has 1 fully saturated rings. The molecule has 0 atom stereocenters. The summed E-state index contributed by atoms with van der Waals surface area (Å²) in [7, 11) is 0. The number of nitrogens with zero attached hydrogens (tertiary/aromatic N) is 6. The predicted octanol–water partition coefficient (Wildman–Crippen LogP) is 0.112. The second-order valence-electron chi connectivity index (χ2n) is 5.14. The fraction of sp³-hybridized carbons (Fsp3) is 0.308. The van der Waals surface area contributed by atoms with E-state index in [9.17, 15) is 9.59 Å². The third kappa shape index (κ3) is 2.46. The van der Waals surface area contributed by atoms with Gasteiger partial charge in [-0.1, -0.05) is 0 Å². The Bertz CT molecular complexity index is 816. The average Bonchev–Trinajstić information content (AvgIpc) is 3.29. The monoisotopic (exact) mass is 331 g/mol. The van der Waals surface area contributed by atoms with Crippen LogP contribution in [0, 0.1) is 0 Å². The van der Waals surface area contributed by atoms with Crippen molar-refractivity contribution in [1.29, 1.82) is 0 Å². The Kier molecular flexibility index (Phi) is 3.30. The van der Waals surface area contributed by atoms with Gasteiger partial charge in [0.05, 0.1) is 0 Å². The van der Waals surface area contributed by atoms with Crippen LogP contribution in [0.25, 0.3) is 4.96 Å². The lowest BCUT2D eigenvalue weighted by Crippen LogP contribution is -2.50. The molecule has 4 heterocycles. The molecule has 23 heavy (non-hydrogen) atoms. The molecule has 118 valence electrons. The number of H-pyrrole nitrogens is 1. The van der Waals surface area contributed by atoms with Crippen molar-refractivity contribution in [2.75, 3.05) is 26.2 Å². The zero-order valence-electron chi connectivity index (χ0n) is 12.0. The number of carbonyl (C=O) groups is 2. The topological polar surface area (TPSA) is 99.5 Å². The number of rotatable bonds is 2. The number of hydrogen-bond acceptors (Lipinski definition) is 6. The van der Waals surface area contributed by atoms with Gasteiger partial charge in [-0.25, -0.2) is 9.97 Å². The van der Waals surface area contributed by atoms with Crippen molar-refractivity contribution in [2.24, 2.45) is 0 Å². The molecule has 3 aromatic heterocycles. The maximum Gasteiger partial charge on any atom is 0.291 e. The van der Waals surface area contributed by atoms with E-state index in [0.29, 0.717) is 31.9 Å². The van der Waals surface area contributed by atoms with Crippen LogP contribution in [0.15, 0.2) is 24.1 Å². The molecule has 4 rings (SSSR count). The van der Waals surface area contributed by atoms with E-state index in [1.165, 1.54) is 17.7 Å². The van der Waals surface area contributed by atoms with Crippen molar-refractivity contribution in [2.45, 2.75) is 0 Å². The molecule has 0 saturated carbocycles. The minimum Gasteiger partial charge on any atom is -0.334 e. The Balaban J connectivity index is 1.42. The number of nitrogens with one attached hydrogen (secondary N) is 1. The smallest absolute Gasteiger partial charge is 0.291 e. The molecule has 2 amide bonds. The van der Waals surface area contributed by atoms with Gasteiger partial charge in [0.25, 0.3) is 11.8 Å². The van der Waals surface area contributed by atoms with E-state index in [1.807, 2.05) is 16.0 Å². The van der Waals surface area contributed by atoms with E-state index in [4.69, 9.17) is 0 Å². The Morgan fingerprint density at radius 1 is 1.13 bits per heavy atom. The van der Waals surface area contributed by atoms with Gasteiger partial charge in [-0.3, -0.25) is 19.1 Å². The van der Waals surface area contributed by atoms with Gasteiger partial charge in [-0.05, 0) is 0 Å². The van der Waals surface area contributed by atoms with Crippen molar-refractivity contribution in [1.82, 2.24) is 34.4 Å². The Morgan fingerprint density at radius 3 is 2.52 bits per heavy atom. The SMILES string of the molecule is O=C(c1cn2ccsc2n1)N1CCN(C(=O)c2ncn[nH]2)CC1. The van der Waals surface area contributed by atoms with Crippen LogP contribution in [0.1, 0.15) is 21.1 Å². The molecular formula is C13H13N7O2S. The van der Waals surface area contributed by atoms with Crippen LogP contribution in [-0.4, -0.2) is 72.4 Å². The minimum atomic E-state index is -0.197. The highest BCUT2D eigenvalue weighted by atomic mass is 32.1. The molecule has 0 aliphatic carbocycles. The van der Waals surface area contributed by atoms with E-state index in [2.05, 4.69) is 20.2 Å². The highest BCUT2D eigenvalue weighted by molar-refractivity contribution is 7.15. The fourth-order valence-electron chi connectivity index (χ4n) is 2.56. The molecule has 3 aromatic rings. The number of piperazine rings is 1. The highest BCUT2D eigenvalue weighted by Gasteiger charge is 2.27. The summed E-state index contributed by atoms with van der Waals surface area (Å²) >= 11 is 1.49. The average molecular weight is 331 g/mol. The quantitative estimate of drug-likeness (QED) is 0.718. The number of imidazole rings is 1. The summed E-state index contributed by atoms with van der Waals surface area (Å²) in [5, 5.41) is 8.16. The molecule has 0 radical (unpaired) electrons. The summed E-state index contributed by atoms with van der Waals surface area (Å²) in [6.45, 7) is 1.88. The van der Waals surface area contributed by atoms with Crippen molar-refractivity contribution in [3.63, 3.8) is 0 Å². The molecule has 0 aromatic carbocycles. The second kappa shape index (κ2) is 5.47. The lowest BCUT2D eigenvalue weighted by Gasteiger charge is -2.33. The van der Waals surface area contributed by atoms with Gasteiger partial charge in [0.1, 0.15) is 12.0 Å². The van der Waals surface area contributed by atoms with Crippen LogP contribution in [0.3, 0.4) is 0 Å². The first-order chi connectivity index (χ1) is 11.2. The molecule has 1 saturated heterocycles. The molecule has 1 N–H and O–H groups in total. The van der Waals surface area contributed by atoms with Gasteiger partial charge in [0.2, 0.25) is 5.82 Å². The van der Waals surface area contributed by atoms with Gasteiger partial charge in [0.15, 0.2) is 4.96 Å². The second-order valence-corrected chi connectivity index (χ2v) is 6.01. The Labute approximate surface area is 134 Å². The molecule has 9 nitrogen and oxygen atoms in total. The van der Waals surface area contributed by atoms with Crippen LogP contribution in [0.2, 0.25) is 0 Å². The van der Waals surface area contributed by atoms with Crippen LogP contribution < -0.4 is 0 Å². The third-order valence-electron chi connectivity index (χ3n) is 3.78. The van der Waals surface area contributed by atoms with Crippen LogP contribution in [-0.2, 0) is 0 Å². The van der Waals surface area contributed by atoms with Gasteiger partial charge >= 0.3 is 0 Å². The number of aromatic amines is 1. The number of fused-ring (bicyclic) bond motifs is 1. The largest absolute Gasteiger partial charge is 0.334 e. The molecule has 0 bridgehead atoms. The standard InChI is InChI=1S/C13H13N7O2S/c21-11(9-7-20-5-6-23-13(20)16-9)18-1-3-19(4-2-18)12(22)10-14-8-15-17-10/h5-8H,1-4H2,(H,14,15,17). The molecule has 1 aliphatic rings. The number of amides is 2. The van der Waals surface area contributed by atoms with Crippen molar-refractivity contribution in [3.05, 3.63) is 35.6 Å². The predicted molar refractivity (Wildman–Crippen MR) is 81.3 cm³/mol. The maximum atomic E-state index is 12.5. The number of thiazole rings is 1. The summed E-state index contributed by atoms with van der Waals surface area (Å²) in [4.78, 5) is 37.0. The zero-order valence-corrected chi connectivity index (χ0v) is 12.9. The molecule has 10 heteroatoms. The Hall–Kier alpha value is -2.75. The van der Waals surface area contributed by atoms with Crippen molar-refractivity contribution >= 4 is 28.1 Å². The van der Waals surface area contributed by atoms with E-state index < -0.39 is 0 Å². The third-order valence-corrected chi connectivity index (χ3v) is 4.55. The van der Waals surface area contributed by atoms with Crippen molar-refractivity contribution in [3.8, 4) is 0 Å². The van der Waals surface area contributed by atoms with Gasteiger partial charge in [0, 0.05) is 44.0 Å². The molecular weight excluding hydrogens is 318 g/mol. The zero-order chi connectivity index (χ0) is 15.8. The summed E-state index contributed by atoms with van der Waals surface area (Å²) in [6.07, 6.45) is 4.91. The molecule has 0 unspecified atom stereocenters. The van der Waals surface area contributed by atoms with E-state index in [1.54, 1.807) is 16.0 Å². The van der Waals surface area contributed by atoms with Gasteiger partial charge in [-0.15, -0.1) is 11.3 Å². The summed E-state index contributed by atoms with van der Waals surface area (Å²) in [5.41, 5.74) is 0.437. The molecule has 0 spiro atoms. The lowest BCUT2D eigenvalue weighted by atomic mass is 10.2.